The Bertz CT molecular complexity index is 894. The van der Waals surface area contributed by atoms with Gasteiger partial charge in [-0.05, 0) is 78.0 Å². The molecule has 1 unspecified atom stereocenters. The van der Waals surface area contributed by atoms with E-state index in [1.807, 2.05) is 29.8 Å². The van der Waals surface area contributed by atoms with Crippen LogP contribution in [0.2, 0.25) is 0 Å². The van der Waals surface area contributed by atoms with Crippen molar-refractivity contribution in [1.29, 1.82) is 0 Å². The minimum atomic E-state index is -0.319. The topological polar surface area (TPSA) is 56.1 Å². The number of hydrogen-bond donors (Lipinski definition) is 1. The standard InChI is InChI=1S/C20H19FIN3O2/c1-14-23-10-11-25(14)12-18(13-27-19-8-4-16(21)5-9-19)24-20(26)15-2-6-17(22)7-3-15/h2-11,18H,12-13H2,1H3,(H,24,26). The van der Waals surface area contributed by atoms with Crippen molar-refractivity contribution >= 4 is 28.5 Å². The second-order valence-electron chi connectivity index (χ2n) is 6.07. The average molecular weight is 479 g/mol. The Morgan fingerprint density at radius 1 is 1.22 bits per heavy atom. The summed E-state index contributed by atoms with van der Waals surface area (Å²) in [5.74, 6) is 0.911. The number of rotatable bonds is 7. The van der Waals surface area contributed by atoms with Gasteiger partial charge in [0.25, 0.3) is 5.91 Å². The maximum atomic E-state index is 13.0. The number of ether oxygens (including phenoxy) is 1. The van der Waals surface area contributed by atoms with Gasteiger partial charge in [-0.1, -0.05) is 0 Å². The van der Waals surface area contributed by atoms with Crippen LogP contribution in [-0.2, 0) is 6.54 Å². The quantitative estimate of drug-likeness (QED) is 0.525. The molecule has 2 aromatic carbocycles. The van der Waals surface area contributed by atoms with Crippen LogP contribution in [-0.4, -0.2) is 28.1 Å². The number of hydrogen-bond acceptors (Lipinski definition) is 3. The molecular weight excluding hydrogens is 460 g/mol. The largest absolute Gasteiger partial charge is 0.491 e. The predicted molar refractivity (Wildman–Crippen MR) is 109 cm³/mol. The highest BCUT2D eigenvalue weighted by molar-refractivity contribution is 14.1. The molecule has 0 fully saturated rings. The molecule has 1 N–H and O–H groups in total. The number of carbonyl (C=O) groups is 1. The number of imidazole rings is 1. The molecule has 0 aliphatic rings. The van der Waals surface area contributed by atoms with E-state index in [0.29, 0.717) is 17.9 Å². The number of aryl methyl sites for hydroxylation is 1. The zero-order valence-electron chi connectivity index (χ0n) is 14.7. The van der Waals surface area contributed by atoms with Crippen LogP contribution in [0.15, 0.2) is 60.9 Å². The van der Waals surface area contributed by atoms with Crippen LogP contribution in [0.5, 0.6) is 5.75 Å². The summed E-state index contributed by atoms with van der Waals surface area (Å²) in [5.41, 5.74) is 0.588. The van der Waals surface area contributed by atoms with Gasteiger partial charge >= 0.3 is 0 Å². The molecule has 27 heavy (non-hydrogen) atoms. The zero-order chi connectivity index (χ0) is 19.2. The molecule has 0 aliphatic heterocycles. The van der Waals surface area contributed by atoms with E-state index in [2.05, 4.69) is 32.9 Å². The normalized spacial score (nSPS) is 11.8. The van der Waals surface area contributed by atoms with Crippen molar-refractivity contribution in [3.8, 4) is 5.75 Å². The molecule has 140 valence electrons. The van der Waals surface area contributed by atoms with E-state index < -0.39 is 0 Å². The molecule has 1 aromatic heterocycles. The van der Waals surface area contributed by atoms with E-state index in [1.165, 1.54) is 12.1 Å². The van der Waals surface area contributed by atoms with Gasteiger partial charge in [0.05, 0.1) is 6.04 Å². The highest BCUT2D eigenvalue weighted by Gasteiger charge is 2.16. The van der Waals surface area contributed by atoms with Gasteiger partial charge in [0.2, 0.25) is 0 Å². The Balaban J connectivity index is 1.70. The smallest absolute Gasteiger partial charge is 0.251 e. The molecule has 3 aromatic rings. The highest BCUT2D eigenvalue weighted by Crippen LogP contribution is 2.12. The molecule has 0 bridgehead atoms. The number of benzene rings is 2. The molecule has 5 nitrogen and oxygen atoms in total. The molecule has 7 heteroatoms. The van der Waals surface area contributed by atoms with Crippen molar-refractivity contribution in [3.05, 3.63) is 81.7 Å². The van der Waals surface area contributed by atoms with E-state index in [-0.39, 0.29) is 24.4 Å². The molecule has 0 saturated carbocycles. The lowest BCUT2D eigenvalue weighted by Gasteiger charge is -2.21. The Labute approximate surface area is 170 Å². The first-order valence-electron chi connectivity index (χ1n) is 8.44. The molecule has 3 rings (SSSR count). The average Bonchev–Trinajstić information content (AvgIpc) is 3.06. The number of amides is 1. The minimum absolute atomic E-state index is 0.170. The fourth-order valence-electron chi connectivity index (χ4n) is 2.57. The summed E-state index contributed by atoms with van der Waals surface area (Å²) in [7, 11) is 0. The lowest BCUT2D eigenvalue weighted by molar-refractivity contribution is 0.0915. The third kappa shape index (κ3) is 5.53. The Hall–Kier alpha value is -2.42. The molecule has 0 spiro atoms. The van der Waals surface area contributed by atoms with Crippen LogP contribution >= 0.6 is 22.6 Å². The van der Waals surface area contributed by atoms with Gasteiger partial charge in [-0.25, -0.2) is 9.37 Å². The number of nitrogens with one attached hydrogen (secondary N) is 1. The first-order valence-corrected chi connectivity index (χ1v) is 9.51. The Morgan fingerprint density at radius 3 is 2.56 bits per heavy atom. The van der Waals surface area contributed by atoms with Crippen LogP contribution in [0.4, 0.5) is 4.39 Å². The lowest BCUT2D eigenvalue weighted by Crippen LogP contribution is -2.42. The zero-order valence-corrected chi connectivity index (χ0v) is 16.9. The van der Waals surface area contributed by atoms with Gasteiger partial charge in [0, 0.05) is 28.1 Å². The van der Waals surface area contributed by atoms with Crippen LogP contribution in [0.1, 0.15) is 16.2 Å². The Morgan fingerprint density at radius 2 is 1.93 bits per heavy atom. The summed E-state index contributed by atoms with van der Waals surface area (Å²) in [6.07, 6.45) is 3.57. The maximum Gasteiger partial charge on any atom is 0.251 e. The molecular formula is C20H19FIN3O2. The molecule has 0 aliphatic carbocycles. The van der Waals surface area contributed by atoms with Crippen LogP contribution in [0.3, 0.4) is 0 Å². The molecule has 0 radical (unpaired) electrons. The first-order chi connectivity index (χ1) is 13.0. The Kier molecular flexibility index (Phi) is 6.44. The third-order valence-electron chi connectivity index (χ3n) is 4.05. The molecule has 1 heterocycles. The summed E-state index contributed by atoms with van der Waals surface area (Å²) in [6.45, 7) is 2.67. The van der Waals surface area contributed by atoms with Crippen molar-refractivity contribution in [3.63, 3.8) is 0 Å². The third-order valence-corrected chi connectivity index (χ3v) is 4.77. The van der Waals surface area contributed by atoms with Gasteiger partial charge in [-0.2, -0.15) is 0 Å². The minimum Gasteiger partial charge on any atom is -0.491 e. The van der Waals surface area contributed by atoms with Crippen LogP contribution in [0, 0.1) is 16.3 Å². The summed E-state index contributed by atoms with van der Waals surface area (Å²) in [6, 6.07) is 12.9. The van der Waals surface area contributed by atoms with Crippen molar-refractivity contribution < 1.29 is 13.9 Å². The number of carbonyl (C=O) groups excluding carboxylic acids is 1. The van der Waals surface area contributed by atoms with Gasteiger partial charge in [0.1, 0.15) is 24.0 Å². The van der Waals surface area contributed by atoms with E-state index in [0.717, 1.165) is 9.39 Å². The summed E-state index contributed by atoms with van der Waals surface area (Å²) < 4.78 is 21.8. The molecule has 1 atom stereocenters. The van der Waals surface area contributed by atoms with E-state index in [4.69, 9.17) is 4.74 Å². The fraction of sp³-hybridized carbons (Fsp3) is 0.200. The van der Waals surface area contributed by atoms with Crippen molar-refractivity contribution in [2.24, 2.45) is 0 Å². The SMILES string of the molecule is Cc1nccn1CC(COc1ccc(F)cc1)NC(=O)c1ccc(I)cc1. The number of halogens is 2. The fourth-order valence-corrected chi connectivity index (χ4v) is 2.93. The van der Waals surface area contributed by atoms with E-state index in [1.54, 1.807) is 30.5 Å². The van der Waals surface area contributed by atoms with Crippen LogP contribution in [0.25, 0.3) is 0 Å². The van der Waals surface area contributed by atoms with Crippen LogP contribution < -0.4 is 10.1 Å². The monoisotopic (exact) mass is 479 g/mol. The number of aromatic nitrogens is 2. The summed E-state index contributed by atoms with van der Waals surface area (Å²) >= 11 is 2.20. The maximum absolute atomic E-state index is 13.0. The van der Waals surface area contributed by atoms with E-state index >= 15 is 0 Å². The highest BCUT2D eigenvalue weighted by atomic mass is 127. The summed E-state index contributed by atoms with van der Waals surface area (Å²) in [5, 5.41) is 3.01. The van der Waals surface area contributed by atoms with Gasteiger partial charge in [-0.3, -0.25) is 4.79 Å². The predicted octanol–water partition coefficient (Wildman–Crippen LogP) is 3.81. The second-order valence-corrected chi connectivity index (χ2v) is 7.31. The van der Waals surface area contributed by atoms with Gasteiger partial charge < -0.3 is 14.6 Å². The lowest BCUT2D eigenvalue weighted by atomic mass is 10.2. The first kappa shape index (κ1) is 19.3. The summed E-state index contributed by atoms with van der Waals surface area (Å²) in [4.78, 5) is 16.8. The second kappa shape index (κ2) is 8.98. The number of nitrogens with zero attached hydrogens (tertiary/aromatic N) is 2. The van der Waals surface area contributed by atoms with Crippen molar-refractivity contribution in [2.45, 2.75) is 19.5 Å². The van der Waals surface area contributed by atoms with Crippen molar-refractivity contribution in [2.75, 3.05) is 6.61 Å². The van der Waals surface area contributed by atoms with Gasteiger partial charge in [0.15, 0.2) is 0 Å². The van der Waals surface area contributed by atoms with E-state index in [9.17, 15) is 9.18 Å². The van der Waals surface area contributed by atoms with Crippen molar-refractivity contribution in [1.82, 2.24) is 14.9 Å². The van der Waals surface area contributed by atoms with Gasteiger partial charge in [-0.15, -0.1) is 0 Å². The molecule has 0 saturated heterocycles. The molecule has 1 amide bonds.